The topological polar surface area (TPSA) is 195 Å². The molecule has 6 fully saturated rings. The van der Waals surface area contributed by atoms with Crippen molar-refractivity contribution in [1.82, 2.24) is 15.7 Å². The van der Waals surface area contributed by atoms with E-state index in [1.807, 2.05) is 84.9 Å². The van der Waals surface area contributed by atoms with E-state index in [2.05, 4.69) is 22.8 Å². The third kappa shape index (κ3) is 8.87. The van der Waals surface area contributed by atoms with Crippen LogP contribution < -0.4 is 10.6 Å². The quantitative estimate of drug-likeness (QED) is 0.125. The van der Waals surface area contributed by atoms with E-state index in [0.717, 1.165) is 30.4 Å². The number of ether oxygens (including phenoxy) is 5. The summed E-state index contributed by atoms with van der Waals surface area (Å²) in [7, 11) is 0. The average molecular weight is 894 g/mol. The van der Waals surface area contributed by atoms with E-state index in [4.69, 9.17) is 28.5 Å². The van der Waals surface area contributed by atoms with Crippen molar-refractivity contribution in [3.05, 3.63) is 113 Å². The average Bonchev–Trinajstić information content (AvgIpc) is 3.81. The van der Waals surface area contributed by atoms with E-state index in [1.165, 1.54) is 12.0 Å². The van der Waals surface area contributed by atoms with Gasteiger partial charge in [0, 0.05) is 24.0 Å². The third-order valence-corrected chi connectivity index (χ3v) is 13.6. The molecule has 2 aliphatic carbocycles. The first-order valence-electron chi connectivity index (χ1n) is 22.8. The molecule has 4 N–H and O–H groups in total. The molecule has 346 valence electrons. The van der Waals surface area contributed by atoms with Gasteiger partial charge in [-0.05, 0) is 70.4 Å². The number of hydroxylamine groups is 2. The number of fused-ring (bicyclic) bond motifs is 5. The Morgan fingerprint density at radius 3 is 2.25 bits per heavy atom. The summed E-state index contributed by atoms with van der Waals surface area (Å²) in [6, 6.07) is 22.9. The number of esters is 2. The lowest BCUT2D eigenvalue weighted by atomic mass is 9.62. The van der Waals surface area contributed by atoms with E-state index in [9.17, 15) is 24.6 Å². The van der Waals surface area contributed by atoms with Crippen LogP contribution in [0.2, 0.25) is 0 Å². The van der Waals surface area contributed by atoms with E-state index < -0.39 is 95.8 Å². The van der Waals surface area contributed by atoms with Crippen LogP contribution in [0, 0.1) is 11.3 Å². The number of carbonyl (C=O) groups excluding carboxylic acids is 4. The van der Waals surface area contributed by atoms with Gasteiger partial charge in [-0.25, -0.2) is 0 Å². The van der Waals surface area contributed by atoms with Crippen LogP contribution in [0.4, 0.5) is 0 Å². The molecule has 12 unspecified atom stereocenters. The highest BCUT2D eigenvalue weighted by molar-refractivity contribution is 5.96. The normalized spacial score (nSPS) is 31.2. The second-order valence-corrected chi connectivity index (χ2v) is 19.3. The number of aliphatic hydroxyl groups excluding tert-OH is 2. The van der Waals surface area contributed by atoms with Gasteiger partial charge in [-0.2, -0.15) is 5.06 Å². The number of allylic oxidation sites excluding steroid dienone is 1. The van der Waals surface area contributed by atoms with Gasteiger partial charge in [-0.15, -0.1) is 0 Å². The van der Waals surface area contributed by atoms with Crippen molar-refractivity contribution in [2.75, 3.05) is 6.61 Å². The van der Waals surface area contributed by atoms with Crippen LogP contribution in [-0.2, 0) is 60.0 Å². The minimum absolute atomic E-state index is 0.0414. The number of amides is 2. The molecule has 2 amide bonds. The SMILES string of the molecule is CC(O)C(NC(=O)C12CC3OC(=O)C1N(Cc1ccccc1C=CC1CCC4OC4C1)OC2C1OC(c2ccccc2)(c2ccccc2)OC31)C(=O)NC(CO)CCC(=O)OC(C)(C)C. The van der Waals surface area contributed by atoms with E-state index in [0.29, 0.717) is 29.3 Å². The molecule has 4 heterocycles. The Kier molecular flexibility index (Phi) is 12.5. The fourth-order valence-corrected chi connectivity index (χ4v) is 10.4. The van der Waals surface area contributed by atoms with Gasteiger partial charge >= 0.3 is 11.9 Å². The van der Waals surface area contributed by atoms with Crippen LogP contribution >= 0.6 is 0 Å². The van der Waals surface area contributed by atoms with Crippen molar-refractivity contribution >= 4 is 29.8 Å². The largest absolute Gasteiger partial charge is 0.460 e. The summed E-state index contributed by atoms with van der Waals surface area (Å²) in [4.78, 5) is 63.4. The van der Waals surface area contributed by atoms with Crippen LogP contribution in [0.5, 0.6) is 0 Å². The predicted molar refractivity (Wildman–Crippen MR) is 234 cm³/mol. The van der Waals surface area contributed by atoms with Crippen molar-refractivity contribution < 1.29 is 57.9 Å². The fraction of sp³-hybridized carbons (Fsp3) is 0.520. The highest BCUT2D eigenvalue weighted by atomic mass is 16.8. The number of epoxide rings is 1. The lowest BCUT2D eigenvalue weighted by molar-refractivity contribution is -0.213. The highest BCUT2D eigenvalue weighted by Gasteiger charge is 2.77. The van der Waals surface area contributed by atoms with Gasteiger partial charge in [0.1, 0.15) is 41.5 Å². The van der Waals surface area contributed by atoms with E-state index in [1.54, 1.807) is 20.8 Å². The van der Waals surface area contributed by atoms with E-state index >= 15 is 4.79 Å². The number of carbonyl (C=O) groups is 4. The summed E-state index contributed by atoms with van der Waals surface area (Å²) in [6.45, 7) is 6.15. The molecule has 2 bridgehead atoms. The lowest BCUT2D eigenvalue weighted by Crippen LogP contribution is -2.71. The maximum absolute atomic E-state index is 15.4. The summed E-state index contributed by atoms with van der Waals surface area (Å²) >= 11 is 0. The molecule has 0 aromatic heterocycles. The zero-order valence-electron chi connectivity index (χ0n) is 37.2. The van der Waals surface area contributed by atoms with Crippen LogP contribution in [0.25, 0.3) is 6.08 Å². The number of benzene rings is 3. The van der Waals surface area contributed by atoms with Gasteiger partial charge in [0.25, 0.3) is 0 Å². The van der Waals surface area contributed by atoms with Crippen LogP contribution in [0.15, 0.2) is 91.0 Å². The summed E-state index contributed by atoms with van der Waals surface area (Å²) in [5.74, 6) is -3.83. The third-order valence-electron chi connectivity index (χ3n) is 13.6. The first-order valence-corrected chi connectivity index (χ1v) is 22.8. The Morgan fingerprint density at radius 1 is 0.908 bits per heavy atom. The summed E-state index contributed by atoms with van der Waals surface area (Å²) in [5.41, 5.74) is 0.711. The zero-order valence-corrected chi connectivity index (χ0v) is 37.2. The lowest BCUT2D eigenvalue weighted by Gasteiger charge is -2.49. The number of hydrogen-bond donors (Lipinski definition) is 4. The standard InChI is InChI=1S/C50H59N3O12/c1-29(55)40(45(57)51-35(28-54)22-24-39(56)62-48(2,3)4)52-47(59)49-26-38-41-42(64-50(63-41,33-15-7-5-8-16-33)34-17-9-6-10-18-34)44(49)65-53(43(49)46(58)61-38)27-32-14-12-11-13-31(32)21-19-30-20-23-36-37(25-30)60-36/h5-19,21,29-30,35-38,40-44,54-55H,20,22-28H2,1-4H3,(H,51,57)(H,52,59). The molecule has 3 aromatic rings. The number of nitrogens with zero attached hydrogens (tertiary/aromatic N) is 1. The van der Waals surface area contributed by atoms with Gasteiger partial charge < -0.3 is 44.5 Å². The molecule has 15 nitrogen and oxygen atoms in total. The Balaban J connectivity index is 1.04. The Hall–Kier alpha value is -5.00. The van der Waals surface area contributed by atoms with Crippen LogP contribution in [0.1, 0.15) is 88.5 Å². The molecule has 4 saturated heterocycles. The number of hydrogen-bond acceptors (Lipinski definition) is 13. The molecule has 3 aromatic carbocycles. The number of nitrogens with one attached hydrogen (secondary N) is 2. The van der Waals surface area contributed by atoms with Gasteiger partial charge in [0.15, 0.2) is 6.04 Å². The number of rotatable bonds is 15. The molecular weight excluding hydrogens is 835 g/mol. The van der Waals surface area contributed by atoms with Gasteiger partial charge in [-0.1, -0.05) is 97.1 Å². The van der Waals surface area contributed by atoms with Crippen LogP contribution in [0.3, 0.4) is 0 Å². The smallest absolute Gasteiger partial charge is 0.327 e. The monoisotopic (exact) mass is 893 g/mol. The maximum Gasteiger partial charge on any atom is 0.327 e. The Bertz CT molecular complexity index is 2230. The second-order valence-electron chi connectivity index (χ2n) is 19.3. The first kappa shape index (κ1) is 45.2. The van der Waals surface area contributed by atoms with Gasteiger partial charge in [-0.3, -0.25) is 24.0 Å². The molecule has 0 radical (unpaired) electrons. The predicted octanol–water partition coefficient (Wildman–Crippen LogP) is 4.22. The Labute approximate surface area is 378 Å². The van der Waals surface area contributed by atoms with Crippen LogP contribution in [-0.4, -0.2) is 112 Å². The molecule has 65 heavy (non-hydrogen) atoms. The molecule has 9 rings (SSSR count). The van der Waals surface area contributed by atoms with Crippen molar-refractivity contribution in [1.29, 1.82) is 0 Å². The summed E-state index contributed by atoms with van der Waals surface area (Å²) in [6.07, 6.45) is 2.62. The molecule has 6 aliphatic rings. The molecule has 4 aliphatic heterocycles. The molecule has 15 heteroatoms. The minimum atomic E-state index is -1.71. The van der Waals surface area contributed by atoms with Gasteiger partial charge in [0.2, 0.25) is 17.6 Å². The molecular formula is C50H59N3O12. The van der Waals surface area contributed by atoms with E-state index in [-0.39, 0.29) is 25.8 Å². The zero-order chi connectivity index (χ0) is 45.7. The first-order chi connectivity index (χ1) is 31.2. The van der Waals surface area contributed by atoms with Crippen molar-refractivity contribution in [3.63, 3.8) is 0 Å². The maximum atomic E-state index is 15.4. The van der Waals surface area contributed by atoms with Crippen molar-refractivity contribution in [2.45, 2.75) is 145 Å². The van der Waals surface area contributed by atoms with Crippen molar-refractivity contribution in [2.24, 2.45) is 11.3 Å². The summed E-state index contributed by atoms with van der Waals surface area (Å²) in [5, 5.41) is 28.3. The fourth-order valence-electron chi connectivity index (χ4n) is 10.4. The molecule has 0 spiro atoms. The minimum Gasteiger partial charge on any atom is -0.460 e. The molecule has 12 atom stereocenters. The van der Waals surface area contributed by atoms with Crippen molar-refractivity contribution in [3.8, 4) is 0 Å². The Morgan fingerprint density at radius 2 is 1.58 bits per heavy atom. The van der Waals surface area contributed by atoms with Gasteiger partial charge in [0.05, 0.1) is 37.5 Å². The second kappa shape index (κ2) is 18.0. The highest BCUT2D eigenvalue weighted by Crippen LogP contribution is 2.59. The molecule has 2 saturated carbocycles. The number of aliphatic hydroxyl groups is 2. The summed E-state index contributed by atoms with van der Waals surface area (Å²) < 4.78 is 31.5.